The highest BCUT2D eigenvalue weighted by molar-refractivity contribution is 7.92. The van der Waals surface area contributed by atoms with Gasteiger partial charge in [-0.2, -0.15) is 0 Å². The molecule has 0 aliphatic heterocycles. The Morgan fingerprint density at radius 3 is 2.19 bits per heavy atom. The van der Waals surface area contributed by atoms with Crippen molar-refractivity contribution in [3.8, 4) is 11.5 Å². The van der Waals surface area contributed by atoms with Gasteiger partial charge >= 0.3 is 0 Å². The number of halogens is 2. The smallest absolute Gasteiger partial charge is 0.264 e. The third kappa shape index (κ3) is 8.61. The summed E-state index contributed by atoms with van der Waals surface area (Å²) < 4.78 is 53.4. The predicted molar refractivity (Wildman–Crippen MR) is 164 cm³/mol. The fourth-order valence-electron chi connectivity index (χ4n) is 4.45. The van der Waals surface area contributed by atoms with Crippen LogP contribution in [0.3, 0.4) is 0 Å². The maximum atomic E-state index is 14.1. The molecule has 232 valence electrons. The van der Waals surface area contributed by atoms with E-state index in [2.05, 4.69) is 5.32 Å². The van der Waals surface area contributed by atoms with Crippen LogP contribution in [0.25, 0.3) is 0 Å². The Balaban J connectivity index is 2.06. The maximum Gasteiger partial charge on any atom is 0.264 e. The van der Waals surface area contributed by atoms with Gasteiger partial charge in [0, 0.05) is 24.2 Å². The normalized spacial score (nSPS) is 11.9. The number of hydrogen-bond donors (Lipinski definition) is 1. The Morgan fingerprint density at radius 1 is 0.953 bits per heavy atom. The molecule has 1 atom stereocenters. The number of carbonyl (C=O) groups is 2. The molecule has 0 radical (unpaired) electrons. The first-order chi connectivity index (χ1) is 20.5. The first kappa shape index (κ1) is 33.7. The number of sulfonamides is 1. The van der Waals surface area contributed by atoms with Crippen LogP contribution in [0.15, 0.2) is 71.6 Å². The van der Waals surface area contributed by atoms with E-state index in [9.17, 15) is 22.4 Å². The van der Waals surface area contributed by atoms with Crippen LogP contribution < -0.4 is 19.1 Å². The third-order valence-electron chi connectivity index (χ3n) is 6.82. The number of nitrogens with zero attached hydrogens (tertiary/aromatic N) is 2. The molecule has 2 amide bonds. The SMILES string of the molecule is CCCCNC(=O)C(CC)N(Cc1ccc(F)cc1)C(=O)CN(c1ccc(Cl)cc1)S(=O)(=O)c1ccc(OC)c(OC)c1. The van der Waals surface area contributed by atoms with Crippen LogP contribution in [0.5, 0.6) is 11.5 Å². The van der Waals surface area contributed by atoms with Crippen molar-refractivity contribution in [3.05, 3.63) is 83.1 Å². The molecular formula is C31H37ClFN3O6S. The number of ether oxygens (including phenoxy) is 2. The van der Waals surface area contributed by atoms with Gasteiger partial charge in [-0.05, 0) is 66.9 Å². The first-order valence-electron chi connectivity index (χ1n) is 13.9. The summed E-state index contributed by atoms with van der Waals surface area (Å²) in [5.74, 6) is -0.895. The number of anilines is 1. The molecule has 0 aromatic heterocycles. The standard InChI is InChI=1S/C31H37ClFN3O6S/c1-5-7-18-34-31(38)27(6-2)35(20-22-8-12-24(33)13-9-22)30(37)21-36(25-14-10-23(32)11-15-25)43(39,40)26-16-17-28(41-3)29(19-26)42-4/h8-17,19,27H,5-7,18,20-21H2,1-4H3,(H,34,38). The van der Waals surface area contributed by atoms with Gasteiger partial charge in [-0.25, -0.2) is 12.8 Å². The van der Waals surface area contributed by atoms with Gasteiger partial charge in [0.05, 0.1) is 24.8 Å². The minimum atomic E-state index is -4.34. The number of benzene rings is 3. The molecule has 1 unspecified atom stereocenters. The molecule has 3 aromatic rings. The van der Waals surface area contributed by atoms with Gasteiger partial charge in [-0.15, -0.1) is 0 Å². The number of methoxy groups -OCH3 is 2. The fraction of sp³-hybridized carbons (Fsp3) is 0.355. The molecule has 0 aliphatic rings. The maximum absolute atomic E-state index is 14.1. The second kappa shape index (κ2) is 15.6. The van der Waals surface area contributed by atoms with Crippen molar-refractivity contribution in [2.75, 3.05) is 31.6 Å². The summed E-state index contributed by atoms with van der Waals surface area (Å²) in [5, 5.41) is 3.25. The lowest BCUT2D eigenvalue weighted by Crippen LogP contribution is -2.52. The monoisotopic (exact) mass is 633 g/mol. The number of amides is 2. The quantitative estimate of drug-likeness (QED) is 0.224. The van der Waals surface area contributed by atoms with Crippen LogP contribution in [0.4, 0.5) is 10.1 Å². The summed E-state index contributed by atoms with van der Waals surface area (Å²) in [7, 11) is -1.52. The number of nitrogens with one attached hydrogen (secondary N) is 1. The number of unbranched alkanes of at least 4 members (excludes halogenated alkanes) is 1. The molecule has 0 saturated heterocycles. The summed E-state index contributed by atoms with van der Waals surface area (Å²) in [6, 6.07) is 14.8. The summed E-state index contributed by atoms with van der Waals surface area (Å²) in [6.45, 7) is 3.54. The first-order valence-corrected chi connectivity index (χ1v) is 15.7. The van der Waals surface area contributed by atoms with Crippen molar-refractivity contribution in [3.63, 3.8) is 0 Å². The topological polar surface area (TPSA) is 105 Å². The number of rotatable bonds is 15. The Bertz CT molecular complexity index is 1490. The summed E-state index contributed by atoms with van der Waals surface area (Å²) in [6.07, 6.45) is 1.91. The average molecular weight is 634 g/mol. The minimum absolute atomic E-state index is 0.0380. The lowest BCUT2D eigenvalue weighted by atomic mass is 10.1. The molecule has 12 heteroatoms. The summed E-state index contributed by atoms with van der Waals surface area (Å²) in [4.78, 5) is 28.5. The fourth-order valence-corrected chi connectivity index (χ4v) is 6.01. The van der Waals surface area contributed by atoms with Crippen molar-refractivity contribution in [1.29, 1.82) is 0 Å². The van der Waals surface area contributed by atoms with E-state index in [4.69, 9.17) is 21.1 Å². The molecular weight excluding hydrogens is 597 g/mol. The van der Waals surface area contributed by atoms with E-state index >= 15 is 0 Å². The van der Waals surface area contributed by atoms with Crippen LogP contribution in [-0.2, 0) is 26.2 Å². The van der Waals surface area contributed by atoms with E-state index in [0.717, 1.165) is 17.1 Å². The molecule has 0 heterocycles. The number of carbonyl (C=O) groups excluding carboxylic acids is 2. The van der Waals surface area contributed by atoms with Crippen LogP contribution in [-0.4, -0.2) is 58.5 Å². The molecule has 0 fully saturated rings. The van der Waals surface area contributed by atoms with E-state index in [1.165, 1.54) is 85.8 Å². The van der Waals surface area contributed by atoms with Crippen molar-refractivity contribution in [2.24, 2.45) is 0 Å². The van der Waals surface area contributed by atoms with Crippen LogP contribution in [0, 0.1) is 5.82 Å². The van der Waals surface area contributed by atoms with Gasteiger partial charge in [0.2, 0.25) is 11.8 Å². The second-order valence-corrected chi connectivity index (χ2v) is 12.0. The zero-order valence-electron chi connectivity index (χ0n) is 24.7. The zero-order chi connectivity index (χ0) is 31.6. The molecule has 0 aliphatic carbocycles. The molecule has 0 saturated carbocycles. The van der Waals surface area contributed by atoms with Gasteiger partial charge in [-0.1, -0.05) is 44.0 Å². The molecule has 43 heavy (non-hydrogen) atoms. The van der Waals surface area contributed by atoms with Crippen LogP contribution in [0.2, 0.25) is 5.02 Å². The zero-order valence-corrected chi connectivity index (χ0v) is 26.3. The largest absolute Gasteiger partial charge is 0.493 e. The van der Waals surface area contributed by atoms with E-state index in [1.54, 1.807) is 6.92 Å². The van der Waals surface area contributed by atoms with E-state index in [-0.39, 0.29) is 35.2 Å². The van der Waals surface area contributed by atoms with Crippen molar-refractivity contribution >= 4 is 39.1 Å². The van der Waals surface area contributed by atoms with E-state index < -0.39 is 34.3 Å². The van der Waals surface area contributed by atoms with Crippen LogP contribution >= 0.6 is 11.6 Å². The van der Waals surface area contributed by atoms with Crippen molar-refractivity contribution in [2.45, 2.75) is 50.6 Å². The predicted octanol–water partition coefficient (Wildman–Crippen LogP) is 5.42. The van der Waals surface area contributed by atoms with Crippen molar-refractivity contribution < 1.29 is 31.9 Å². The summed E-state index contributed by atoms with van der Waals surface area (Å²) >= 11 is 6.08. The molecule has 9 nitrogen and oxygen atoms in total. The highest BCUT2D eigenvalue weighted by atomic mass is 35.5. The van der Waals surface area contributed by atoms with E-state index in [1.807, 2.05) is 6.92 Å². The highest BCUT2D eigenvalue weighted by Crippen LogP contribution is 2.32. The van der Waals surface area contributed by atoms with Crippen molar-refractivity contribution in [1.82, 2.24) is 10.2 Å². The lowest BCUT2D eigenvalue weighted by Gasteiger charge is -2.33. The number of hydrogen-bond acceptors (Lipinski definition) is 6. The second-order valence-electron chi connectivity index (χ2n) is 9.72. The molecule has 3 rings (SSSR count). The molecule has 0 bridgehead atoms. The van der Waals surface area contributed by atoms with Gasteiger partial charge < -0.3 is 19.7 Å². The Labute approximate surface area is 257 Å². The molecule has 0 spiro atoms. The summed E-state index contributed by atoms with van der Waals surface area (Å²) in [5.41, 5.74) is 0.769. The average Bonchev–Trinajstić information content (AvgIpc) is 3.00. The minimum Gasteiger partial charge on any atom is -0.493 e. The van der Waals surface area contributed by atoms with E-state index in [0.29, 0.717) is 22.9 Å². The van der Waals surface area contributed by atoms with Gasteiger partial charge in [0.15, 0.2) is 11.5 Å². The lowest BCUT2D eigenvalue weighted by molar-refractivity contribution is -0.140. The van der Waals surface area contributed by atoms with Gasteiger partial charge in [0.25, 0.3) is 10.0 Å². The van der Waals surface area contributed by atoms with Gasteiger partial charge in [0.1, 0.15) is 18.4 Å². The Kier molecular flexibility index (Phi) is 12.2. The molecule has 3 aromatic carbocycles. The van der Waals surface area contributed by atoms with Crippen LogP contribution in [0.1, 0.15) is 38.7 Å². The van der Waals surface area contributed by atoms with Gasteiger partial charge in [-0.3, -0.25) is 13.9 Å². The molecule has 1 N–H and O–H groups in total. The Hall–Kier alpha value is -3.83. The Morgan fingerprint density at radius 2 is 1.60 bits per heavy atom. The highest BCUT2D eigenvalue weighted by Gasteiger charge is 2.34. The third-order valence-corrected chi connectivity index (χ3v) is 8.84.